The second kappa shape index (κ2) is 6.33. The lowest BCUT2D eigenvalue weighted by molar-refractivity contribution is 0.184. The van der Waals surface area contributed by atoms with E-state index in [4.69, 9.17) is 9.47 Å². The molecule has 0 radical (unpaired) electrons. The van der Waals surface area contributed by atoms with Crippen LogP contribution in [0.3, 0.4) is 0 Å². The minimum atomic E-state index is -3.56. The van der Waals surface area contributed by atoms with Gasteiger partial charge in [-0.1, -0.05) is 24.3 Å². The van der Waals surface area contributed by atoms with Crippen LogP contribution in [0.1, 0.15) is 5.56 Å². The van der Waals surface area contributed by atoms with E-state index in [9.17, 15) is 8.42 Å². The van der Waals surface area contributed by atoms with E-state index in [2.05, 4.69) is 9.62 Å². The van der Waals surface area contributed by atoms with Crippen LogP contribution in [0.15, 0.2) is 53.4 Å². The number of fused-ring (bicyclic) bond motifs is 2. The number of methoxy groups -OCH3 is 1. The molecule has 7 heteroatoms. The number of hydrogen-bond donors (Lipinski definition) is 1. The van der Waals surface area contributed by atoms with E-state index >= 15 is 0 Å². The van der Waals surface area contributed by atoms with Crippen molar-refractivity contribution in [2.45, 2.75) is 23.6 Å². The smallest absolute Gasteiger partial charge is 0.244 e. The lowest BCUT2D eigenvalue weighted by Crippen LogP contribution is -2.42. The van der Waals surface area contributed by atoms with Gasteiger partial charge in [0.05, 0.1) is 13.2 Å². The van der Waals surface area contributed by atoms with Gasteiger partial charge in [-0.05, 0) is 29.8 Å². The first kappa shape index (κ1) is 16.4. The maximum atomic E-state index is 12.5. The number of hydrogen-bond acceptors (Lipinski definition) is 5. The molecule has 1 saturated heterocycles. The molecule has 25 heavy (non-hydrogen) atoms. The highest BCUT2D eigenvalue weighted by molar-refractivity contribution is 7.89. The summed E-state index contributed by atoms with van der Waals surface area (Å²) in [5.41, 5.74) is 1.15. The van der Waals surface area contributed by atoms with Crippen molar-refractivity contribution in [1.82, 2.24) is 9.62 Å². The Balaban J connectivity index is 1.52. The molecule has 0 aliphatic carbocycles. The fraction of sp³-hybridized carbons (Fsp3) is 0.333. The Labute approximate surface area is 147 Å². The highest BCUT2D eigenvalue weighted by Gasteiger charge is 2.40. The zero-order valence-electron chi connectivity index (χ0n) is 13.9. The van der Waals surface area contributed by atoms with Crippen LogP contribution >= 0.6 is 0 Å². The molecule has 0 bridgehead atoms. The first-order chi connectivity index (χ1) is 12.0. The highest BCUT2D eigenvalue weighted by Crippen LogP contribution is 2.31. The minimum absolute atomic E-state index is 0.198. The van der Waals surface area contributed by atoms with E-state index in [1.807, 2.05) is 24.3 Å². The third kappa shape index (κ3) is 3.22. The maximum absolute atomic E-state index is 12.5. The number of para-hydroxylation sites is 1. The predicted octanol–water partition coefficient (Wildman–Crippen LogP) is 1.62. The molecule has 2 aliphatic heterocycles. The molecule has 2 atom stereocenters. The zero-order valence-corrected chi connectivity index (χ0v) is 14.7. The molecule has 1 fully saturated rings. The summed E-state index contributed by atoms with van der Waals surface area (Å²) in [6.07, 6.45) is -0.198. The topological polar surface area (TPSA) is 67.9 Å². The van der Waals surface area contributed by atoms with E-state index in [1.165, 1.54) is 0 Å². The summed E-state index contributed by atoms with van der Waals surface area (Å²) >= 11 is 0. The van der Waals surface area contributed by atoms with Gasteiger partial charge in [0.25, 0.3) is 0 Å². The van der Waals surface area contributed by atoms with Crippen molar-refractivity contribution in [1.29, 1.82) is 0 Å². The summed E-state index contributed by atoms with van der Waals surface area (Å²) in [6.45, 7) is 2.03. The standard InChI is InChI=1S/C18H20N2O4S/c1-23-14-8-6-13(7-9-14)10-20-11-15-17(12-20)24-16-4-2-3-5-18(16)25(21,22)19-15/h2-9,15,17,19H,10-12H2,1H3/t15-,17+/m1/s1. The van der Waals surface area contributed by atoms with Gasteiger partial charge in [0.15, 0.2) is 0 Å². The van der Waals surface area contributed by atoms with Gasteiger partial charge in [0, 0.05) is 19.6 Å². The Hall–Kier alpha value is -2.09. The Kier molecular flexibility index (Phi) is 4.15. The SMILES string of the molecule is COc1ccc(CN2C[C@@H]3Oc4ccccc4S(=O)(=O)N[C@@H]3C2)cc1. The number of ether oxygens (including phenoxy) is 2. The molecule has 6 nitrogen and oxygen atoms in total. The fourth-order valence-corrected chi connectivity index (χ4v) is 4.79. The Morgan fingerprint density at radius 1 is 1.16 bits per heavy atom. The van der Waals surface area contributed by atoms with Crippen LogP contribution in [-0.4, -0.2) is 45.7 Å². The molecule has 0 amide bonds. The lowest BCUT2D eigenvalue weighted by Gasteiger charge is -2.17. The number of rotatable bonds is 3. The Morgan fingerprint density at radius 2 is 1.92 bits per heavy atom. The quantitative estimate of drug-likeness (QED) is 0.901. The van der Waals surface area contributed by atoms with Crippen LogP contribution in [0, 0.1) is 0 Å². The molecule has 0 aromatic heterocycles. The molecule has 1 N–H and O–H groups in total. The molecule has 2 heterocycles. The number of nitrogens with one attached hydrogen (secondary N) is 1. The predicted molar refractivity (Wildman–Crippen MR) is 93.2 cm³/mol. The largest absolute Gasteiger partial charge is 0.497 e. The van der Waals surface area contributed by atoms with Gasteiger partial charge in [-0.2, -0.15) is 0 Å². The lowest BCUT2D eigenvalue weighted by atomic mass is 10.2. The summed E-state index contributed by atoms with van der Waals surface area (Å²) < 4.78 is 39.1. The van der Waals surface area contributed by atoms with Gasteiger partial charge < -0.3 is 9.47 Å². The van der Waals surface area contributed by atoms with Crippen molar-refractivity contribution in [2.75, 3.05) is 20.2 Å². The molecule has 2 aromatic rings. The van der Waals surface area contributed by atoms with Crippen LogP contribution in [0.4, 0.5) is 0 Å². The van der Waals surface area contributed by atoms with Crippen molar-refractivity contribution in [3.05, 3.63) is 54.1 Å². The summed E-state index contributed by atoms with van der Waals surface area (Å²) in [7, 11) is -1.91. The van der Waals surface area contributed by atoms with Crippen LogP contribution < -0.4 is 14.2 Å². The zero-order chi connectivity index (χ0) is 17.4. The Morgan fingerprint density at radius 3 is 2.68 bits per heavy atom. The second-order valence-electron chi connectivity index (χ2n) is 6.37. The average molecular weight is 360 g/mol. The summed E-state index contributed by atoms with van der Waals surface area (Å²) in [5.74, 6) is 1.25. The van der Waals surface area contributed by atoms with Crippen molar-refractivity contribution in [3.63, 3.8) is 0 Å². The molecule has 132 valence electrons. The van der Waals surface area contributed by atoms with Gasteiger partial charge in [0.1, 0.15) is 22.5 Å². The molecular formula is C18H20N2O4S. The van der Waals surface area contributed by atoms with Crippen molar-refractivity contribution in [3.8, 4) is 11.5 Å². The first-order valence-corrected chi connectivity index (χ1v) is 9.67. The first-order valence-electron chi connectivity index (χ1n) is 8.18. The number of sulfonamides is 1. The van der Waals surface area contributed by atoms with Gasteiger partial charge in [0.2, 0.25) is 10.0 Å². The van der Waals surface area contributed by atoms with E-state index in [1.54, 1.807) is 31.4 Å². The van der Waals surface area contributed by atoms with E-state index < -0.39 is 10.0 Å². The Bertz CT molecular complexity index is 867. The van der Waals surface area contributed by atoms with Crippen LogP contribution in [-0.2, 0) is 16.6 Å². The molecule has 2 aromatic carbocycles. The number of likely N-dealkylation sites (tertiary alicyclic amines) is 1. The van der Waals surface area contributed by atoms with Crippen molar-refractivity contribution < 1.29 is 17.9 Å². The number of nitrogens with zero attached hydrogens (tertiary/aromatic N) is 1. The van der Waals surface area contributed by atoms with E-state index in [0.29, 0.717) is 18.8 Å². The van der Waals surface area contributed by atoms with Gasteiger partial charge in [-0.25, -0.2) is 13.1 Å². The summed E-state index contributed by atoms with van der Waals surface area (Å²) in [6, 6.07) is 14.4. The molecule has 0 unspecified atom stereocenters. The summed E-state index contributed by atoms with van der Waals surface area (Å²) in [5, 5.41) is 0. The highest BCUT2D eigenvalue weighted by atomic mass is 32.2. The number of benzene rings is 2. The third-order valence-electron chi connectivity index (χ3n) is 4.63. The summed E-state index contributed by atoms with van der Waals surface area (Å²) in [4.78, 5) is 2.42. The average Bonchev–Trinajstić information content (AvgIpc) is 2.91. The van der Waals surface area contributed by atoms with Crippen molar-refractivity contribution >= 4 is 10.0 Å². The maximum Gasteiger partial charge on any atom is 0.244 e. The van der Waals surface area contributed by atoms with Crippen LogP contribution in [0.5, 0.6) is 11.5 Å². The molecule has 0 saturated carbocycles. The molecular weight excluding hydrogens is 340 g/mol. The monoisotopic (exact) mass is 360 g/mol. The third-order valence-corrected chi connectivity index (χ3v) is 6.16. The van der Waals surface area contributed by atoms with Crippen LogP contribution in [0.25, 0.3) is 0 Å². The molecule has 0 spiro atoms. The van der Waals surface area contributed by atoms with E-state index in [-0.39, 0.29) is 17.0 Å². The molecule has 4 rings (SSSR count). The van der Waals surface area contributed by atoms with Crippen LogP contribution in [0.2, 0.25) is 0 Å². The minimum Gasteiger partial charge on any atom is -0.497 e. The normalized spacial score (nSPS) is 24.7. The fourth-order valence-electron chi connectivity index (χ4n) is 3.40. The molecule has 2 aliphatic rings. The van der Waals surface area contributed by atoms with E-state index in [0.717, 1.165) is 17.9 Å². The van der Waals surface area contributed by atoms with Gasteiger partial charge in [-0.3, -0.25) is 4.90 Å². The van der Waals surface area contributed by atoms with Crippen molar-refractivity contribution in [2.24, 2.45) is 0 Å². The van der Waals surface area contributed by atoms with Gasteiger partial charge >= 0.3 is 0 Å². The second-order valence-corrected chi connectivity index (χ2v) is 8.06. The van der Waals surface area contributed by atoms with Gasteiger partial charge in [-0.15, -0.1) is 0 Å².